The van der Waals surface area contributed by atoms with Gasteiger partial charge in [-0.15, -0.1) is 0 Å². The molecule has 1 fully saturated rings. The molecule has 0 aromatic rings. The Morgan fingerprint density at radius 3 is 2.69 bits per heavy atom. The molecule has 0 saturated carbocycles. The van der Waals surface area contributed by atoms with Gasteiger partial charge in [0.2, 0.25) is 6.79 Å². The minimum absolute atomic E-state index is 0.123. The first-order valence-electron chi connectivity index (χ1n) is 3.76. The van der Waals surface area contributed by atoms with Gasteiger partial charge in [0.25, 0.3) is 0 Å². The number of cyclic esters (lactones) is 2. The second-order valence-corrected chi connectivity index (χ2v) is 2.69. The number of ether oxygens (including phenoxy) is 2. The van der Waals surface area contributed by atoms with Gasteiger partial charge in [0.15, 0.2) is 11.7 Å². The zero-order valence-corrected chi connectivity index (χ0v) is 7.02. The number of rotatable bonds is 1. The summed E-state index contributed by atoms with van der Waals surface area (Å²) in [5.41, 5.74) is -2.19. The van der Waals surface area contributed by atoms with Crippen molar-refractivity contribution in [3.05, 3.63) is 0 Å². The lowest BCUT2D eigenvalue weighted by molar-refractivity contribution is -0.176. The number of aliphatic hydroxyl groups is 2. The van der Waals surface area contributed by atoms with E-state index in [0.29, 0.717) is 0 Å². The lowest BCUT2D eigenvalue weighted by Gasteiger charge is -2.23. The largest absolute Gasteiger partial charge is 0.426 e. The summed E-state index contributed by atoms with van der Waals surface area (Å²) in [7, 11) is 0. The van der Waals surface area contributed by atoms with Gasteiger partial charge in [-0.3, -0.25) is 0 Å². The standard InChI is InChI=1S/C7H10O6/c1-2-7(11)4(8)5(9)12-3-13-6(7)10/h4,8,11H,2-3H2,1H3. The number of carbonyl (C=O) groups is 2. The number of hydrogen-bond acceptors (Lipinski definition) is 6. The number of hydrogen-bond donors (Lipinski definition) is 2. The fraction of sp³-hybridized carbons (Fsp3) is 0.714. The van der Waals surface area contributed by atoms with E-state index in [9.17, 15) is 19.8 Å². The van der Waals surface area contributed by atoms with Crippen molar-refractivity contribution in [1.29, 1.82) is 0 Å². The Bertz CT molecular complexity index is 237. The van der Waals surface area contributed by atoms with E-state index in [1.807, 2.05) is 0 Å². The normalized spacial score (nSPS) is 34.8. The molecule has 0 radical (unpaired) electrons. The number of esters is 2. The lowest BCUT2D eigenvalue weighted by atomic mass is 9.94. The third kappa shape index (κ3) is 1.50. The molecule has 2 N–H and O–H groups in total. The van der Waals surface area contributed by atoms with E-state index < -0.39 is 30.4 Å². The average Bonchev–Trinajstić information content (AvgIpc) is 2.21. The van der Waals surface area contributed by atoms with Crippen molar-refractivity contribution in [2.24, 2.45) is 0 Å². The monoisotopic (exact) mass is 190 g/mol. The second kappa shape index (κ2) is 3.31. The summed E-state index contributed by atoms with van der Waals surface area (Å²) in [6.07, 6.45) is -2.00. The first kappa shape index (κ1) is 9.94. The molecule has 2 unspecified atom stereocenters. The Hall–Kier alpha value is -1.14. The van der Waals surface area contributed by atoms with Crippen LogP contribution in [0.2, 0.25) is 0 Å². The van der Waals surface area contributed by atoms with Gasteiger partial charge in [0, 0.05) is 0 Å². The zero-order chi connectivity index (χ0) is 10.1. The van der Waals surface area contributed by atoms with Crippen LogP contribution in [0.15, 0.2) is 0 Å². The van der Waals surface area contributed by atoms with E-state index in [1.165, 1.54) is 6.92 Å². The third-order valence-electron chi connectivity index (χ3n) is 1.96. The Labute approximate surface area is 74.1 Å². The Balaban J connectivity index is 2.98. The number of carbonyl (C=O) groups excluding carboxylic acids is 2. The Kier molecular flexibility index (Phi) is 2.53. The van der Waals surface area contributed by atoms with E-state index in [4.69, 9.17) is 0 Å². The van der Waals surface area contributed by atoms with Gasteiger partial charge >= 0.3 is 11.9 Å². The number of aliphatic hydroxyl groups excluding tert-OH is 1. The minimum atomic E-state index is -2.19. The highest BCUT2D eigenvalue weighted by molar-refractivity contribution is 5.90. The van der Waals surface area contributed by atoms with Crippen molar-refractivity contribution < 1.29 is 29.3 Å². The summed E-state index contributed by atoms with van der Waals surface area (Å²) in [5, 5.41) is 18.8. The molecule has 1 heterocycles. The predicted molar refractivity (Wildman–Crippen MR) is 38.3 cm³/mol. The van der Waals surface area contributed by atoms with Crippen LogP contribution in [-0.4, -0.2) is 40.6 Å². The zero-order valence-electron chi connectivity index (χ0n) is 7.02. The summed E-state index contributed by atoms with van der Waals surface area (Å²) < 4.78 is 8.65. The first-order valence-corrected chi connectivity index (χ1v) is 3.76. The van der Waals surface area contributed by atoms with Gasteiger partial charge < -0.3 is 19.7 Å². The van der Waals surface area contributed by atoms with Crippen LogP contribution in [0.1, 0.15) is 13.3 Å². The molecule has 1 rings (SSSR count). The minimum Gasteiger partial charge on any atom is -0.426 e. The molecule has 0 aromatic carbocycles. The maximum atomic E-state index is 11.1. The van der Waals surface area contributed by atoms with E-state index in [1.54, 1.807) is 0 Å². The van der Waals surface area contributed by atoms with Crippen LogP contribution in [0.4, 0.5) is 0 Å². The SMILES string of the molecule is CCC1(O)C(=O)OCOC(=O)C1O. The van der Waals surface area contributed by atoms with Crippen molar-refractivity contribution in [2.45, 2.75) is 25.0 Å². The molecule has 6 heteroatoms. The molecule has 74 valence electrons. The van der Waals surface area contributed by atoms with Crippen LogP contribution in [0.5, 0.6) is 0 Å². The predicted octanol–water partition coefficient (Wildman–Crippen LogP) is -1.45. The summed E-state index contributed by atoms with van der Waals surface area (Å²) >= 11 is 0. The topological polar surface area (TPSA) is 93.1 Å². The van der Waals surface area contributed by atoms with Gasteiger partial charge in [-0.1, -0.05) is 6.92 Å². The van der Waals surface area contributed by atoms with Crippen LogP contribution in [0.3, 0.4) is 0 Å². The maximum absolute atomic E-state index is 11.1. The van der Waals surface area contributed by atoms with Crippen LogP contribution in [0, 0.1) is 0 Å². The van der Waals surface area contributed by atoms with Crippen molar-refractivity contribution in [3.63, 3.8) is 0 Å². The molecule has 1 aliphatic heterocycles. The van der Waals surface area contributed by atoms with E-state index in [2.05, 4.69) is 9.47 Å². The highest BCUT2D eigenvalue weighted by Gasteiger charge is 2.49. The summed E-state index contributed by atoms with van der Waals surface area (Å²) in [4.78, 5) is 21.9. The fourth-order valence-corrected chi connectivity index (χ4v) is 0.989. The molecule has 2 atom stereocenters. The highest BCUT2D eigenvalue weighted by Crippen LogP contribution is 2.21. The van der Waals surface area contributed by atoms with Crippen molar-refractivity contribution in [1.82, 2.24) is 0 Å². The van der Waals surface area contributed by atoms with Gasteiger partial charge in [0.1, 0.15) is 0 Å². The Morgan fingerprint density at radius 2 is 2.15 bits per heavy atom. The molecule has 0 spiro atoms. The molecule has 1 saturated heterocycles. The summed E-state index contributed by atoms with van der Waals surface area (Å²) in [6.45, 7) is 0.875. The van der Waals surface area contributed by atoms with Gasteiger partial charge in [-0.05, 0) is 6.42 Å². The van der Waals surface area contributed by atoms with Crippen LogP contribution >= 0.6 is 0 Å². The van der Waals surface area contributed by atoms with Gasteiger partial charge in [0.05, 0.1) is 0 Å². The van der Waals surface area contributed by atoms with Crippen molar-refractivity contribution in [2.75, 3.05) is 6.79 Å². The lowest BCUT2D eigenvalue weighted by Crippen LogP contribution is -2.51. The fourth-order valence-electron chi connectivity index (χ4n) is 0.989. The first-order chi connectivity index (χ1) is 6.02. The molecule has 13 heavy (non-hydrogen) atoms. The summed E-state index contributed by atoms with van der Waals surface area (Å²) in [6, 6.07) is 0. The molecule has 0 aromatic heterocycles. The molecule has 0 aliphatic carbocycles. The third-order valence-corrected chi connectivity index (χ3v) is 1.96. The van der Waals surface area contributed by atoms with Crippen LogP contribution < -0.4 is 0 Å². The van der Waals surface area contributed by atoms with Gasteiger partial charge in [-0.2, -0.15) is 0 Å². The molecular formula is C7H10O6. The second-order valence-electron chi connectivity index (χ2n) is 2.69. The molecule has 6 nitrogen and oxygen atoms in total. The van der Waals surface area contributed by atoms with E-state index >= 15 is 0 Å². The smallest absolute Gasteiger partial charge is 0.344 e. The van der Waals surface area contributed by atoms with E-state index in [0.717, 1.165) is 0 Å². The van der Waals surface area contributed by atoms with Gasteiger partial charge in [-0.25, -0.2) is 9.59 Å². The van der Waals surface area contributed by atoms with Crippen molar-refractivity contribution in [3.8, 4) is 0 Å². The molecule has 0 bridgehead atoms. The highest BCUT2D eigenvalue weighted by atomic mass is 16.7. The average molecular weight is 190 g/mol. The van der Waals surface area contributed by atoms with Crippen LogP contribution in [0.25, 0.3) is 0 Å². The molecular weight excluding hydrogens is 180 g/mol. The molecule has 1 aliphatic rings. The van der Waals surface area contributed by atoms with Crippen LogP contribution in [-0.2, 0) is 19.1 Å². The Morgan fingerprint density at radius 1 is 1.54 bits per heavy atom. The van der Waals surface area contributed by atoms with Crippen molar-refractivity contribution >= 4 is 11.9 Å². The molecule has 0 amide bonds. The summed E-state index contributed by atoms with van der Waals surface area (Å²) in [5.74, 6) is -2.11. The maximum Gasteiger partial charge on any atom is 0.344 e. The van der Waals surface area contributed by atoms with E-state index in [-0.39, 0.29) is 6.42 Å². The quantitative estimate of drug-likeness (QED) is 0.491.